The van der Waals surface area contributed by atoms with Crippen molar-refractivity contribution in [1.29, 1.82) is 0 Å². The second kappa shape index (κ2) is 14.5. The van der Waals surface area contributed by atoms with Crippen molar-refractivity contribution in [3.63, 3.8) is 0 Å². The van der Waals surface area contributed by atoms with Crippen molar-refractivity contribution in [3.8, 4) is 0 Å². The first-order valence-corrected chi connectivity index (χ1v) is 7.19. The standard InChI is InChI=1S/C14H22O10/c1-20-13(17)10-23-7-6-21-4-5-22-8-9-24-12(16)3-2-11(15)14(18)19/h2-10H2,1H3,(H,18,19). The summed E-state index contributed by atoms with van der Waals surface area (Å²) in [4.78, 5) is 42.9. The molecule has 0 atom stereocenters. The minimum atomic E-state index is -1.57. The monoisotopic (exact) mass is 350 g/mol. The molecule has 138 valence electrons. The molecule has 0 spiro atoms. The fraction of sp³-hybridized carbons (Fsp3) is 0.714. The van der Waals surface area contributed by atoms with Crippen LogP contribution in [0.25, 0.3) is 0 Å². The summed E-state index contributed by atoms with van der Waals surface area (Å²) in [5.74, 6) is -3.72. The third-order valence-corrected chi connectivity index (χ3v) is 2.48. The van der Waals surface area contributed by atoms with Gasteiger partial charge in [-0.1, -0.05) is 0 Å². The molecule has 0 amide bonds. The van der Waals surface area contributed by atoms with Crippen LogP contribution in [0.5, 0.6) is 0 Å². The van der Waals surface area contributed by atoms with Crippen molar-refractivity contribution in [3.05, 3.63) is 0 Å². The molecule has 0 fully saturated rings. The van der Waals surface area contributed by atoms with Gasteiger partial charge in [-0.3, -0.25) is 9.59 Å². The molecule has 0 aromatic rings. The summed E-state index contributed by atoms with van der Waals surface area (Å²) in [6.07, 6.45) is -0.666. The van der Waals surface area contributed by atoms with Crippen LogP contribution < -0.4 is 0 Å². The number of esters is 2. The van der Waals surface area contributed by atoms with Crippen LogP contribution in [0.4, 0.5) is 0 Å². The Morgan fingerprint density at radius 1 is 0.750 bits per heavy atom. The van der Waals surface area contributed by atoms with Crippen LogP contribution in [-0.4, -0.2) is 82.2 Å². The summed E-state index contributed by atoms with van der Waals surface area (Å²) in [6, 6.07) is 0. The van der Waals surface area contributed by atoms with E-state index in [2.05, 4.69) is 4.74 Å². The quantitative estimate of drug-likeness (QED) is 0.227. The first-order chi connectivity index (χ1) is 11.5. The van der Waals surface area contributed by atoms with Crippen molar-refractivity contribution < 1.29 is 48.0 Å². The minimum absolute atomic E-state index is 0.00232. The number of carboxylic acids is 1. The highest BCUT2D eigenvalue weighted by molar-refractivity contribution is 6.32. The summed E-state index contributed by atoms with van der Waals surface area (Å²) in [5, 5.41) is 8.33. The number of carbonyl (C=O) groups is 4. The number of hydrogen-bond acceptors (Lipinski definition) is 9. The van der Waals surface area contributed by atoms with Crippen molar-refractivity contribution in [2.24, 2.45) is 0 Å². The number of ether oxygens (including phenoxy) is 5. The van der Waals surface area contributed by atoms with E-state index in [-0.39, 0.29) is 45.9 Å². The van der Waals surface area contributed by atoms with Crippen molar-refractivity contribution >= 4 is 23.7 Å². The lowest BCUT2D eigenvalue weighted by atomic mass is 10.2. The van der Waals surface area contributed by atoms with Gasteiger partial charge in [0.15, 0.2) is 0 Å². The second-order valence-electron chi connectivity index (χ2n) is 4.30. The van der Waals surface area contributed by atoms with Crippen molar-refractivity contribution in [2.75, 3.05) is 53.4 Å². The molecule has 0 aliphatic heterocycles. The topological polar surface area (TPSA) is 135 Å². The molecule has 0 radical (unpaired) electrons. The summed E-state index contributed by atoms with van der Waals surface area (Å²) >= 11 is 0. The fourth-order valence-corrected chi connectivity index (χ4v) is 1.26. The fourth-order valence-electron chi connectivity index (χ4n) is 1.26. The van der Waals surface area contributed by atoms with Crippen LogP contribution in [0.3, 0.4) is 0 Å². The van der Waals surface area contributed by atoms with Gasteiger partial charge < -0.3 is 28.8 Å². The summed E-state index contributed by atoms with van der Waals surface area (Å²) in [6.45, 7) is 1.17. The second-order valence-corrected chi connectivity index (χ2v) is 4.30. The molecular formula is C14H22O10. The summed E-state index contributed by atoms with van der Waals surface area (Å²) in [7, 11) is 1.27. The zero-order valence-electron chi connectivity index (χ0n) is 13.5. The molecular weight excluding hydrogens is 328 g/mol. The lowest BCUT2D eigenvalue weighted by Gasteiger charge is -2.07. The lowest BCUT2D eigenvalue weighted by Crippen LogP contribution is -2.17. The Kier molecular flexibility index (Phi) is 13.3. The zero-order chi connectivity index (χ0) is 18.2. The van der Waals surface area contributed by atoms with E-state index in [1.165, 1.54) is 7.11 Å². The summed E-state index contributed by atoms with van der Waals surface area (Å²) in [5.41, 5.74) is 0. The number of Topliss-reactive ketones (excluding diaryl/α,β-unsaturated/α-hetero) is 1. The van der Waals surface area contributed by atoms with E-state index >= 15 is 0 Å². The number of carbonyl (C=O) groups excluding carboxylic acids is 3. The van der Waals surface area contributed by atoms with Crippen LogP contribution in [0.15, 0.2) is 0 Å². The van der Waals surface area contributed by atoms with Crippen LogP contribution in [0.1, 0.15) is 12.8 Å². The van der Waals surface area contributed by atoms with Gasteiger partial charge in [-0.2, -0.15) is 0 Å². The third-order valence-electron chi connectivity index (χ3n) is 2.48. The molecule has 0 aliphatic rings. The molecule has 0 aromatic carbocycles. The predicted molar refractivity (Wildman–Crippen MR) is 77.3 cm³/mol. The van der Waals surface area contributed by atoms with Gasteiger partial charge in [0.05, 0.1) is 46.6 Å². The summed E-state index contributed by atoms with van der Waals surface area (Å²) < 4.78 is 24.4. The molecule has 0 unspecified atom stereocenters. The molecule has 0 aliphatic carbocycles. The van der Waals surface area contributed by atoms with Gasteiger partial charge in [0.25, 0.3) is 0 Å². The van der Waals surface area contributed by atoms with Gasteiger partial charge in [-0.15, -0.1) is 0 Å². The van der Waals surface area contributed by atoms with Crippen LogP contribution in [0, 0.1) is 0 Å². The van der Waals surface area contributed by atoms with E-state index in [0.29, 0.717) is 13.2 Å². The average molecular weight is 350 g/mol. The molecule has 1 N–H and O–H groups in total. The van der Waals surface area contributed by atoms with E-state index in [1.54, 1.807) is 0 Å². The minimum Gasteiger partial charge on any atom is -0.476 e. The largest absolute Gasteiger partial charge is 0.476 e. The number of rotatable bonds is 15. The van der Waals surface area contributed by atoms with E-state index < -0.39 is 23.7 Å². The Hall–Kier alpha value is -2.04. The Morgan fingerprint density at radius 3 is 1.83 bits per heavy atom. The Bertz CT molecular complexity index is 406. The van der Waals surface area contributed by atoms with E-state index in [9.17, 15) is 19.2 Å². The maximum atomic E-state index is 11.2. The van der Waals surface area contributed by atoms with E-state index in [4.69, 9.17) is 24.1 Å². The number of hydrogen-bond donors (Lipinski definition) is 1. The predicted octanol–water partition coefficient (Wildman–Crippen LogP) is -0.814. The van der Waals surface area contributed by atoms with Crippen LogP contribution in [0.2, 0.25) is 0 Å². The van der Waals surface area contributed by atoms with Gasteiger partial charge in [0.1, 0.15) is 13.2 Å². The van der Waals surface area contributed by atoms with E-state index in [1.807, 2.05) is 0 Å². The van der Waals surface area contributed by atoms with Crippen LogP contribution in [-0.2, 0) is 42.9 Å². The first-order valence-electron chi connectivity index (χ1n) is 7.19. The first kappa shape index (κ1) is 22.0. The number of methoxy groups -OCH3 is 1. The van der Waals surface area contributed by atoms with Crippen molar-refractivity contribution in [1.82, 2.24) is 0 Å². The van der Waals surface area contributed by atoms with E-state index in [0.717, 1.165) is 0 Å². The third kappa shape index (κ3) is 13.6. The molecule has 0 saturated heterocycles. The maximum Gasteiger partial charge on any atom is 0.372 e. The molecule has 0 rings (SSSR count). The average Bonchev–Trinajstić information content (AvgIpc) is 2.56. The van der Waals surface area contributed by atoms with Gasteiger partial charge in [0, 0.05) is 6.42 Å². The van der Waals surface area contributed by atoms with Gasteiger partial charge in [0.2, 0.25) is 5.78 Å². The van der Waals surface area contributed by atoms with Crippen LogP contribution >= 0.6 is 0 Å². The molecule has 24 heavy (non-hydrogen) atoms. The highest BCUT2D eigenvalue weighted by Crippen LogP contribution is 1.95. The van der Waals surface area contributed by atoms with Gasteiger partial charge in [-0.05, 0) is 0 Å². The molecule has 10 nitrogen and oxygen atoms in total. The highest BCUT2D eigenvalue weighted by Gasteiger charge is 2.14. The SMILES string of the molecule is COC(=O)COCCOCCOCCOC(=O)CCC(=O)C(=O)O. The molecule has 0 aromatic heterocycles. The highest BCUT2D eigenvalue weighted by atomic mass is 16.6. The van der Waals surface area contributed by atoms with Gasteiger partial charge in [-0.25, -0.2) is 9.59 Å². The Balaban J connectivity index is 3.30. The maximum absolute atomic E-state index is 11.2. The number of aliphatic carboxylic acids is 1. The Labute approximate surface area is 138 Å². The number of carboxylic acid groups (broad SMARTS) is 1. The number of ketones is 1. The normalized spacial score (nSPS) is 10.2. The molecule has 0 bridgehead atoms. The van der Waals surface area contributed by atoms with Crippen molar-refractivity contribution in [2.45, 2.75) is 12.8 Å². The zero-order valence-corrected chi connectivity index (χ0v) is 13.5. The smallest absolute Gasteiger partial charge is 0.372 e. The van der Waals surface area contributed by atoms with Gasteiger partial charge >= 0.3 is 17.9 Å². The Morgan fingerprint density at radius 2 is 1.29 bits per heavy atom. The molecule has 10 heteroatoms. The molecule has 0 saturated carbocycles. The lowest BCUT2D eigenvalue weighted by molar-refractivity contribution is -0.151. The molecule has 0 heterocycles.